The molecule has 0 atom stereocenters. The monoisotopic (exact) mass is 544 g/mol. The number of carbonyl (C=O) groups excluding carboxylic acids is 1. The minimum atomic E-state index is -4.68. The van der Waals surface area contributed by atoms with Crippen LogP contribution in [-0.2, 0) is 10.9 Å². The highest BCUT2D eigenvalue weighted by Gasteiger charge is 2.35. The minimum absolute atomic E-state index is 0.0447. The van der Waals surface area contributed by atoms with Gasteiger partial charge in [0.2, 0.25) is 0 Å². The van der Waals surface area contributed by atoms with E-state index in [1.54, 1.807) is 51.1 Å². The summed E-state index contributed by atoms with van der Waals surface area (Å²) in [5, 5.41) is 3.07. The van der Waals surface area contributed by atoms with Gasteiger partial charge in [-0.1, -0.05) is 0 Å². The number of ether oxygens (including phenoxy) is 1. The molecule has 1 saturated heterocycles. The van der Waals surface area contributed by atoms with Crippen molar-refractivity contribution in [2.75, 3.05) is 36.4 Å². The maximum absolute atomic E-state index is 14.6. The molecule has 39 heavy (non-hydrogen) atoms. The Morgan fingerprint density at radius 3 is 2.44 bits per heavy atom. The molecule has 1 amide bonds. The molecule has 0 bridgehead atoms. The maximum Gasteiger partial charge on any atom is 0.417 e. The van der Waals surface area contributed by atoms with Crippen molar-refractivity contribution in [3.63, 3.8) is 0 Å². The smallest absolute Gasteiger partial charge is 0.417 e. The van der Waals surface area contributed by atoms with Crippen LogP contribution >= 0.6 is 0 Å². The number of alkyl halides is 3. The van der Waals surface area contributed by atoms with Crippen molar-refractivity contribution < 1.29 is 27.1 Å². The lowest BCUT2D eigenvalue weighted by molar-refractivity contribution is -0.136. The highest BCUT2D eigenvalue weighted by Crippen LogP contribution is 2.41. The van der Waals surface area contributed by atoms with Gasteiger partial charge in [0.15, 0.2) is 11.5 Å². The van der Waals surface area contributed by atoms with Crippen LogP contribution in [0.15, 0.2) is 42.9 Å². The third kappa shape index (κ3) is 5.55. The SMILES string of the molecule is Cc1cn2cc(Nc3nccc4cc(N5CCN(C(=O)OC(C)(C)C)CC5)cc(C(F)(F)F)c34)cc(F)c2n1. The van der Waals surface area contributed by atoms with Gasteiger partial charge in [0.25, 0.3) is 0 Å². The van der Waals surface area contributed by atoms with Gasteiger partial charge < -0.3 is 24.3 Å². The van der Waals surface area contributed by atoms with E-state index < -0.39 is 29.3 Å². The van der Waals surface area contributed by atoms with E-state index in [2.05, 4.69) is 15.3 Å². The van der Waals surface area contributed by atoms with Gasteiger partial charge in [-0.2, -0.15) is 13.2 Å². The summed E-state index contributed by atoms with van der Waals surface area (Å²) < 4.78 is 64.6. The van der Waals surface area contributed by atoms with E-state index in [0.29, 0.717) is 42.9 Å². The Balaban J connectivity index is 1.47. The van der Waals surface area contributed by atoms with Gasteiger partial charge in [0.1, 0.15) is 11.4 Å². The number of hydrogen-bond acceptors (Lipinski definition) is 6. The summed E-state index contributed by atoms with van der Waals surface area (Å²) in [7, 11) is 0. The van der Waals surface area contributed by atoms with Crippen molar-refractivity contribution in [3.05, 3.63) is 59.9 Å². The van der Waals surface area contributed by atoms with E-state index in [9.17, 15) is 22.4 Å². The fourth-order valence-corrected chi connectivity index (χ4v) is 4.66. The van der Waals surface area contributed by atoms with Crippen molar-refractivity contribution in [2.24, 2.45) is 0 Å². The number of carbonyl (C=O) groups is 1. The van der Waals surface area contributed by atoms with E-state index in [1.165, 1.54) is 22.7 Å². The summed E-state index contributed by atoms with van der Waals surface area (Å²) in [6.07, 6.45) is -0.548. The maximum atomic E-state index is 14.6. The second kappa shape index (κ2) is 9.58. The molecule has 0 unspecified atom stereocenters. The Kier molecular flexibility index (Phi) is 6.51. The molecule has 4 heterocycles. The Morgan fingerprint density at radius 2 is 1.77 bits per heavy atom. The molecule has 12 heteroatoms. The summed E-state index contributed by atoms with van der Waals surface area (Å²) in [4.78, 5) is 24.0. The predicted molar refractivity (Wildman–Crippen MR) is 140 cm³/mol. The largest absolute Gasteiger partial charge is 0.444 e. The van der Waals surface area contributed by atoms with Gasteiger partial charge in [-0.3, -0.25) is 0 Å². The van der Waals surface area contributed by atoms with Crippen LogP contribution in [0.1, 0.15) is 32.0 Å². The number of amides is 1. The number of piperazine rings is 1. The number of benzene rings is 1. The second-order valence-electron chi connectivity index (χ2n) is 10.5. The van der Waals surface area contributed by atoms with Crippen LogP contribution in [0.4, 0.5) is 39.5 Å². The van der Waals surface area contributed by atoms with Crippen molar-refractivity contribution >= 4 is 39.7 Å². The number of nitrogens with one attached hydrogen (secondary N) is 1. The molecule has 1 fully saturated rings. The molecule has 3 aromatic heterocycles. The molecule has 8 nitrogen and oxygen atoms in total. The molecule has 206 valence electrons. The van der Waals surface area contributed by atoms with Crippen LogP contribution < -0.4 is 10.2 Å². The third-order valence-electron chi connectivity index (χ3n) is 6.34. The molecule has 1 N–H and O–H groups in total. The standard InChI is InChI=1S/C27H28F4N6O2/c1-16-14-37-15-18(12-21(28)24(37)33-16)34-23-22-17(5-6-32-23)11-19(13-20(22)27(29,30)31)35-7-9-36(10-8-35)25(38)39-26(2,3)4/h5-6,11-15H,7-10H2,1-4H3,(H,32,34). The van der Waals surface area contributed by atoms with Crippen LogP contribution in [-0.4, -0.2) is 57.1 Å². The number of fused-ring (bicyclic) bond motifs is 2. The number of anilines is 3. The van der Waals surface area contributed by atoms with E-state index in [0.717, 1.165) is 6.07 Å². The van der Waals surface area contributed by atoms with Gasteiger partial charge in [-0.25, -0.2) is 19.2 Å². The normalized spacial score (nSPS) is 14.8. The zero-order valence-corrected chi connectivity index (χ0v) is 21.9. The van der Waals surface area contributed by atoms with Crippen molar-refractivity contribution in [3.8, 4) is 0 Å². The summed E-state index contributed by atoms with van der Waals surface area (Å²) >= 11 is 0. The average Bonchev–Trinajstić information content (AvgIpc) is 3.23. The van der Waals surface area contributed by atoms with E-state index in [4.69, 9.17) is 4.74 Å². The molecule has 1 aromatic carbocycles. The fourth-order valence-electron chi connectivity index (χ4n) is 4.66. The first-order valence-corrected chi connectivity index (χ1v) is 12.4. The Morgan fingerprint density at radius 1 is 1.05 bits per heavy atom. The highest BCUT2D eigenvalue weighted by molar-refractivity contribution is 5.98. The summed E-state index contributed by atoms with van der Waals surface area (Å²) in [6.45, 7) is 8.39. The van der Waals surface area contributed by atoms with Gasteiger partial charge >= 0.3 is 12.3 Å². The quantitative estimate of drug-likeness (QED) is 0.312. The lowest BCUT2D eigenvalue weighted by atomic mass is 10.0. The highest BCUT2D eigenvalue weighted by atomic mass is 19.4. The van der Waals surface area contributed by atoms with Crippen LogP contribution in [0.5, 0.6) is 0 Å². The summed E-state index contributed by atoms with van der Waals surface area (Å²) in [5.74, 6) is -0.658. The predicted octanol–water partition coefficient (Wildman–Crippen LogP) is 6.15. The average molecular weight is 545 g/mol. The molecule has 0 radical (unpaired) electrons. The molecule has 5 rings (SSSR count). The van der Waals surface area contributed by atoms with Crippen LogP contribution in [0.25, 0.3) is 16.4 Å². The van der Waals surface area contributed by atoms with Crippen LogP contribution in [0, 0.1) is 12.7 Å². The number of aromatic nitrogens is 3. The number of imidazole rings is 1. The summed E-state index contributed by atoms with van der Waals surface area (Å²) in [5.41, 5.74) is -0.155. The number of aryl methyl sites for hydroxylation is 1. The molecular weight excluding hydrogens is 516 g/mol. The van der Waals surface area contributed by atoms with Crippen molar-refractivity contribution in [1.29, 1.82) is 0 Å². The Hall–Kier alpha value is -4.09. The molecular formula is C27H28F4N6O2. The molecule has 0 saturated carbocycles. The van der Waals surface area contributed by atoms with Gasteiger partial charge in [0.05, 0.1) is 16.9 Å². The number of pyridine rings is 2. The number of nitrogens with zero attached hydrogens (tertiary/aromatic N) is 5. The molecule has 1 aliphatic heterocycles. The summed E-state index contributed by atoms with van der Waals surface area (Å²) in [6, 6.07) is 5.46. The molecule has 1 aliphatic rings. The zero-order valence-electron chi connectivity index (χ0n) is 21.9. The number of hydrogen-bond donors (Lipinski definition) is 1. The lowest BCUT2D eigenvalue weighted by Crippen LogP contribution is -2.50. The first-order valence-electron chi connectivity index (χ1n) is 12.4. The van der Waals surface area contributed by atoms with Gasteiger partial charge in [0, 0.05) is 61.9 Å². The number of halogens is 4. The topological polar surface area (TPSA) is 75.0 Å². The van der Waals surface area contributed by atoms with Gasteiger partial charge in [-0.05, 0) is 51.3 Å². The third-order valence-corrected chi connectivity index (χ3v) is 6.34. The van der Waals surface area contributed by atoms with Crippen molar-refractivity contribution in [1.82, 2.24) is 19.3 Å². The molecule has 4 aromatic rings. The van der Waals surface area contributed by atoms with E-state index in [-0.39, 0.29) is 22.5 Å². The van der Waals surface area contributed by atoms with Crippen LogP contribution in [0.2, 0.25) is 0 Å². The minimum Gasteiger partial charge on any atom is -0.444 e. The first kappa shape index (κ1) is 26.5. The first-order chi connectivity index (χ1) is 18.3. The fraction of sp³-hybridized carbons (Fsp3) is 0.370. The molecule has 0 aliphatic carbocycles. The Labute approximate surface area is 222 Å². The second-order valence-corrected chi connectivity index (χ2v) is 10.5. The molecule has 0 spiro atoms. The van der Waals surface area contributed by atoms with E-state index >= 15 is 0 Å². The zero-order chi connectivity index (χ0) is 28.1. The lowest BCUT2D eigenvalue weighted by Gasteiger charge is -2.37. The Bertz CT molecular complexity index is 1550. The van der Waals surface area contributed by atoms with E-state index in [1.807, 2.05) is 4.90 Å². The van der Waals surface area contributed by atoms with Crippen LogP contribution in [0.3, 0.4) is 0 Å². The number of rotatable bonds is 3. The van der Waals surface area contributed by atoms with Gasteiger partial charge in [-0.15, -0.1) is 0 Å². The van der Waals surface area contributed by atoms with Crippen molar-refractivity contribution in [2.45, 2.75) is 39.5 Å².